The highest BCUT2D eigenvalue weighted by atomic mass is 16.5. The number of primary amides is 2. The fourth-order valence-corrected chi connectivity index (χ4v) is 1.11. The minimum Gasteiger partial charge on any atom is -0.394 e. The van der Waals surface area contributed by atoms with Gasteiger partial charge in [0.05, 0.1) is 39.3 Å². The topological polar surface area (TPSA) is 179 Å². The predicted octanol–water partition coefficient (Wildman–Crippen LogP) is -0.288. The lowest BCUT2D eigenvalue weighted by molar-refractivity contribution is -0.126. The molecular formula is C18H38N2O8. The largest absolute Gasteiger partial charge is 0.394 e. The highest BCUT2D eigenvalue weighted by molar-refractivity contribution is 5.96. The second-order valence-corrected chi connectivity index (χ2v) is 5.36. The minimum atomic E-state index is -0.562. The molecule has 28 heavy (non-hydrogen) atoms. The fraction of sp³-hybridized carbons (Fsp3) is 0.778. The maximum absolute atomic E-state index is 9.95. The summed E-state index contributed by atoms with van der Waals surface area (Å²) >= 11 is 0. The first-order valence-electron chi connectivity index (χ1n) is 9.01. The second-order valence-electron chi connectivity index (χ2n) is 5.36. The van der Waals surface area contributed by atoms with Gasteiger partial charge in [-0.2, -0.15) is 0 Å². The van der Waals surface area contributed by atoms with E-state index < -0.39 is 11.8 Å². The van der Waals surface area contributed by atoms with Gasteiger partial charge in [0, 0.05) is 13.2 Å². The van der Waals surface area contributed by atoms with Crippen molar-refractivity contribution >= 4 is 23.4 Å². The molecule has 0 aliphatic heterocycles. The van der Waals surface area contributed by atoms with Crippen LogP contribution in [0.5, 0.6) is 0 Å². The zero-order valence-electron chi connectivity index (χ0n) is 17.6. The molecule has 0 saturated carbocycles. The lowest BCUT2D eigenvalue weighted by Crippen LogP contribution is -2.13. The summed E-state index contributed by atoms with van der Waals surface area (Å²) in [5.41, 5.74) is 9.27. The predicted molar refractivity (Wildman–Crippen MR) is 105 cm³/mol. The minimum absolute atomic E-state index is 0.0278. The Kier molecular flexibility index (Phi) is 35.9. The standard InChI is InChI=1S/C6H14O.2C4H7NO2.C4H10O3/c1-3-5-7-6-4-2;2*1-3(6)2-4(5)7;5-1-3-7-4-2-6/h3-6H2,1-2H3;2*2H2,1H3,(H2,5,7);5-6H,1-4H2. The summed E-state index contributed by atoms with van der Waals surface area (Å²) in [6.45, 7) is 9.43. The molecule has 0 aromatic rings. The van der Waals surface area contributed by atoms with Crippen molar-refractivity contribution in [2.75, 3.05) is 39.6 Å². The molecular weight excluding hydrogens is 372 g/mol. The third kappa shape index (κ3) is 64.7. The van der Waals surface area contributed by atoms with E-state index in [2.05, 4.69) is 30.1 Å². The van der Waals surface area contributed by atoms with Crippen molar-refractivity contribution in [3.8, 4) is 0 Å². The van der Waals surface area contributed by atoms with Crippen LogP contribution in [0.25, 0.3) is 0 Å². The molecule has 0 bridgehead atoms. The number of hydrogen-bond donors (Lipinski definition) is 4. The third-order valence-electron chi connectivity index (χ3n) is 2.01. The molecule has 0 radical (unpaired) electrons. The first kappa shape index (κ1) is 33.7. The van der Waals surface area contributed by atoms with E-state index in [1.807, 2.05) is 0 Å². The van der Waals surface area contributed by atoms with Crippen LogP contribution in [0.15, 0.2) is 0 Å². The lowest BCUT2D eigenvalue weighted by Gasteiger charge is -1.95. The van der Waals surface area contributed by atoms with Gasteiger partial charge in [0.1, 0.15) is 11.6 Å². The zero-order valence-corrected chi connectivity index (χ0v) is 17.6. The van der Waals surface area contributed by atoms with Crippen LogP contribution >= 0.6 is 0 Å². The molecule has 0 spiro atoms. The van der Waals surface area contributed by atoms with Crippen LogP contribution < -0.4 is 11.5 Å². The van der Waals surface area contributed by atoms with E-state index in [0.29, 0.717) is 13.2 Å². The molecule has 0 rings (SSSR count). The SMILES string of the molecule is CC(=O)CC(N)=O.CC(=O)CC(N)=O.CCCOCCC.OCCOCCO. The normalized spacial score (nSPS) is 8.79. The van der Waals surface area contributed by atoms with Crippen molar-refractivity contribution in [1.29, 1.82) is 0 Å². The van der Waals surface area contributed by atoms with E-state index in [4.69, 9.17) is 14.9 Å². The summed E-state index contributed by atoms with van der Waals surface area (Å²) < 4.78 is 9.76. The molecule has 0 aromatic carbocycles. The Labute approximate surface area is 167 Å². The average molecular weight is 411 g/mol. The molecule has 0 atom stereocenters. The lowest BCUT2D eigenvalue weighted by atomic mass is 10.3. The van der Waals surface area contributed by atoms with Gasteiger partial charge in [-0.1, -0.05) is 13.8 Å². The quantitative estimate of drug-likeness (QED) is 0.250. The number of Topliss-reactive ketones (excluding diaryl/α,β-unsaturated/α-hetero) is 2. The van der Waals surface area contributed by atoms with E-state index in [0.717, 1.165) is 26.1 Å². The molecule has 0 aliphatic carbocycles. The molecule has 0 unspecified atom stereocenters. The summed E-state index contributed by atoms with van der Waals surface area (Å²) in [7, 11) is 0. The van der Waals surface area contributed by atoms with Gasteiger partial charge < -0.3 is 31.2 Å². The molecule has 6 N–H and O–H groups in total. The van der Waals surface area contributed by atoms with Gasteiger partial charge in [0.15, 0.2) is 0 Å². The molecule has 168 valence electrons. The van der Waals surface area contributed by atoms with E-state index in [-0.39, 0.29) is 37.6 Å². The van der Waals surface area contributed by atoms with Crippen LogP contribution in [0.2, 0.25) is 0 Å². The zero-order chi connectivity index (χ0) is 22.8. The summed E-state index contributed by atoms with van der Waals surface area (Å²) in [4.78, 5) is 39.5. The van der Waals surface area contributed by atoms with Crippen LogP contribution in [0.4, 0.5) is 0 Å². The second kappa shape index (κ2) is 29.9. The Bertz CT molecular complexity index is 322. The van der Waals surface area contributed by atoms with Crippen LogP contribution in [-0.2, 0) is 28.7 Å². The van der Waals surface area contributed by atoms with E-state index in [9.17, 15) is 19.2 Å². The maximum Gasteiger partial charge on any atom is 0.224 e. The molecule has 0 saturated heterocycles. The first-order valence-corrected chi connectivity index (χ1v) is 9.01. The number of ketones is 2. The Hall–Kier alpha value is -1.88. The first-order chi connectivity index (χ1) is 13.1. The van der Waals surface area contributed by atoms with Crippen LogP contribution in [-0.4, -0.2) is 73.2 Å². The Morgan fingerprint density at radius 1 is 0.679 bits per heavy atom. The van der Waals surface area contributed by atoms with Crippen molar-refractivity contribution in [3.63, 3.8) is 0 Å². The van der Waals surface area contributed by atoms with Crippen molar-refractivity contribution in [2.45, 2.75) is 53.4 Å². The number of nitrogens with two attached hydrogens (primary N) is 2. The number of carbonyl (C=O) groups is 4. The summed E-state index contributed by atoms with van der Waals surface area (Å²) in [5, 5.41) is 16.2. The number of aliphatic hydroxyl groups excluding tert-OH is 2. The smallest absolute Gasteiger partial charge is 0.224 e. The number of carbonyl (C=O) groups excluding carboxylic acids is 4. The van der Waals surface area contributed by atoms with Crippen LogP contribution in [0.1, 0.15) is 53.4 Å². The van der Waals surface area contributed by atoms with E-state index in [1.165, 1.54) is 13.8 Å². The van der Waals surface area contributed by atoms with Crippen LogP contribution in [0.3, 0.4) is 0 Å². The number of ether oxygens (including phenoxy) is 2. The van der Waals surface area contributed by atoms with E-state index >= 15 is 0 Å². The van der Waals surface area contributed by atoms with Gasteiger partial charge in [-0.15, -0.1) is 0 Å². The van der Waals surface area contributed by atoms with E-state index in [1.54, 1.807) is 0 Å². The highest BCUT2D eigenvalue weighted by Gasteiger charge is 1.96. The monoisotopic (exact) mass is 410 g/mol. The third-order valence-corrected chi connectivity index (χ3v) is 2.01. The van der Waals surface area contributed by atoms with Gasteiger partial charge >= 0.3 is 0 Å². The van der Waals surface area contributed by atoms with Crippen molar-refractivity contribution in [3.05, 3.63) is 0 Å². The Morgan fingerprint density at radius 3 is 1.11 bits per heavy atom. The van der Waals surface area contributed by atoms with Gasteiger partial charge in [0.2, 0.25) is 11.8 Å². The molecule has 0 fully saturated rings. The summed E-state index contributed by atoms with van der Waals surface area (Å²) in [6, 6.07) is 0. The van der Waals surface area contributed by atoms with Crippen molar-refractivity contribution in [2.24, 2.45) is 11.5 Å². The number of hydrogen-bond acceptors (Lipinski definition) is 8. The molecule has 10 nitrogen and oxygen atoms in total. The number of amides is 2. The highest BCUT2D eigenvalue weighted by Crippen LogP contribution is 1.81. The fourth-order valence-electron chi connectivity index (χ4n) is 1.11. The molecule has 10 heteroatoms. The Balaban J connectivity index is -0.000000137. The molecule has 0 heterocycles. The average Bonchev–Trinajstić information content (AvgIpc) is 2.55. The molecule has 0 aliphatic rings. The molecule has 2 amide bonds. The van der Waals surface area contributed by atoms with Gasteiger partial charge in [-0.05, 0) is 26.7 Å². The van der Waals surface area contributed by atoms with Crippen molar-refractivity contribution < 1.29 is 38.9 Å². The Morgan fingerprint density at radius 2 is 0.964 bits per heavy atom. The summed E-state index contributed by atoms with van der Waals surface area (Å²) in [5.74, 6) is -1.50. The van der Waals surface area contributed by atoms with Crippen molar-refractivity contribution in [1.82, 2.24) is 0 Å². The summed E-state index contributed by atoms with van der Waals surface area (Å²) in [6.07, 6.45) is 2.00. The maximum atomic E-state index is 9.95. The van der Waals surface area contributed by atoms with Crippen LogP contribution in [0, 0.1) is 0 Å². The number of rotatable bonds is 12. The molecule has 0 aromatic heterocycles. The van der Waals surface area contributed by atoms with Gasteiger partial charge in [0.25, 0.3) is 0 Å². The van der Waals surface area contributed by atoms with Gasteiger partial charge in [-0.3, -0.25) is 19.2 Å². The van der Waals surface area contributed by atoms with Gasteiger partial charge in [-0.25, -0.2) is 0 Å². The number of aliphatic hydroxyl groups is 2.